The van der Waals surface area contributed by atoms with Crippen LogP contribution < -0.4 is 5.32 Å². The first-order chi connectivity index (χ1) is 8.15. The summed E-state index contributed by atoms with van der Waals surface area (Å²) in [6, 6.07) is 9.31. The number of hydrogen-bond donors (Lipinski definition) is 2. The molecule has 0 bridgehead atoms. The average Bonchev–Trinajstić information content (AvgIpc) is 2.32. The first kappa shape index (κ1) is 11.4. The monoisotopic (exact) mass is 248 g/mol. The topological polar surface area (TPSA) is 62.2 Å². The number of phenols is 1. The number of benzene rings is 1. The Kier molecular flexibility index (Phi) is 3.25. The predicted octanol–water partition coefficient (Wildman–Crippen LogP) is 2.69. The molecule has 0 saturated heterocycles. The Morgan fingerprint density at radius 3 is 2.76 bits per heavy atom. The second-order valence-corrected chi connectivity index (χ2v) is 3.80. The molecule has 0 spiro atoms. The van der Waals surface area contributed by atoms with E-state index in [9.17, 15) is 9.90 Å². The Labute approximate surface area is 103 Å². The largest absolute Gasteiger partial charge is 0.508 e. The molecule has 0 radical (unpaired) electrons. The number of aromatic hydroxyl groups is 1. The third-order valence-corrected chi connectivity index (χ3v) is 2.30. The van der Waals surface area contributed by atoms with E-state index in [1.54, 1.807) is 24.3 Å². The fourth-order valence-electron chi connectivity index (χ4n) is 1.29. The molecule has 5 heteroatoms. The standard InChI is InChI=1S/C12H9ClN2O2/c13-9-4-5-11(14-7-9)15-12(17)8-2-1-3-10(16)6-8/h1-7,16H,(H,14,15,17). The number of hydrogen-bond acceptors (Lipinski definition) is 3. The summed E-state index contributed by atoms with van der Waals surface area (Å²) in [6.45, 7) is 0. The molecule has 1 amide bonds. The maximum absolute atomic E-state index is 11.8. The molecule has 0 atom stereocenters. The van der Waals surface area contributed by atoms with Gasteiger partial charge in [0, 0.05) is 11.8 Å². The van der Waals surface area contributed by atoms with E-state index in [2.05, 4.69) is 10.3 Å². The molecule has 17 heavy (non-hydrogen) atoms. The zero-order chi connectivity index (χ0) is 12.3. The van der Waals surface area contributed by atoms with Gasteiger partial charge in [0.25, 0.3) is 5.91 Å². The highest BCUT2D eigenvalue weighted by molar-refractivity contribution is 6.30. The van der Waals surface area contributed by atoms with Gasteiger partial charge < -0.3 is 10.4 Å². The molecule has 2 aromatic rings. The Hall–Kier alpha value is -2.07. The molecular weight excluding hydrogens is 240 g/mol. The molecule has 0 unspecified atom stereocenters. The molecule has 0 fully saturated rings. The lowest BCUT2D eigenvalue weighted by molar-refractivity contribution is 0.102. The van der Waals surface area contributed by atoms with Gasteiger partial charge >= 0.3 is 0 Å². The van der Waals surface area contributed by atoms with E-state index >= 15 is 0 Å². The van der Waals surface area contributed by atoms with Crippen molar-refractivity contribution in [2.24, 2.45) is 0 Å². The Balaban J connectivity index is 2.14. The first-order valence-electron chi connectivity index (χ1n) is 4.87. The number of aromatic nitrogens is 1. The summed E-state index contributed by atoms with van der Waals surface area (Å²) in [5.41, 5.74) is 0.363. The van der Waals surface area contributed by atoms with E-state index in [0.29, 0.717) is 16.4 Å². The summed E-state index contributed by atoms with van der Waals surface area (Å²) in [4.78, 5) is 15.7. The van der Waals surface area contributed by atoms with Gasteiger partial charge in [-0.15, -0.1) is 0 Å². The Morgan fingerprint density at radius 2 is 2.12 bits per heavy atom. The van der Waals surface area contributed by atoms with Crippen LogP contribution in [0, 0.1) is 0 Å². The van der Waals surface area contributed by atoms with Gasteiger partial charge in [0.2, 0.25) is 0 Å². The van der Waals surface area contributed by atoms with E-state index < -0.39 is 0 Å². The molecule has 0 aliphatic heterocycles. The number of nitrogens with one attached hydrogen (secondary N) is 1. The van der Waals surface area contributed by atoms with E-state index in [4.69, 9.17) is 11.6 Å². The van der Waals surface area contributed by atoms with Gasteiger partial charge in [0.15, 0.2) is 0 Å². The number of phenolic OH excluding ortho intramolecular Hbond substituents is 1. The highest BCUT2D eigenvalue weighted by Gasteiger charge is 2.06. The highest BCUT2D eigenvalue weighted by Crippen LogP contribution is 2.14. The highest BCUT2D eigenvalue weighted by atomic mass is 35.5. The normalized spacial score (nSPS) is 9.94. The fraction of sp³-hybridized carbons (Fsp3) is 0. The summed E-state index contributed by atoms with van der Waals surface area (Å²) < 4.78 is 0. The van der Waals surface area contributed by atoms with Crippen LogP contribution >= 0.6 is 11.6 Å². The first-order valence-corrected chi connectivity index (χ1v) is 5.25. The number of carbonyl (C=O) groups excluding carboxylic acids is 1. The number of pyridine rings is 1. The molecule has 0 saturated carbocycles. The third-order valence-electron chi connectivity index (χ3n) is 2.08. The van der Waals surface area contributed by atoms with E-state index in [1.807, 2.05) is 0 Å². The summed E-state index contributed by atoms with van der Waals surface area (Å²) in [5.74, 6) is 0.111. The van der Waals surface area contributed by atoms with Crippen molar-refractivity contribution < 1.29 is 9.90 Å². The number of anilines is 1. The second-order valence-electron chi connectivity index (χ2n) is 3.37. The molecular formula is C12H9ClN2O2. The zero-order valence-corrected chi connectivity index (χ0v) is 9.48. The quantitative estimate of drug-likeness (QED) is 0.859. The van der Waals surface area contributed by atoms with Crippen molar-refractivity contribution in [2.75, 3.05) is 5.32 Å². The molecule has 86 valence electrons. The van der Waals surface area contributed by atoms with Gasteiger partial charge in [-0.25, -0.2) is 4.98 Å². The molecule has 2 N–H and O–H groups in total. The molecule has 2 rings (SSSR count). The van der Waals surface area contributed by atoms with Crippen molar-refractivity contribution in [1.29, 1.82) is 0 Å². The summed E-state index contributed by atoms with van der Waals surface area (Å²) in [5, 5.41) is 12.3. The van der Waals surface area contributed by atoms with Crippen molar-refractivity contribution in [3.8, 4) is 5.75 Å². The Morgan fingerprint density at radius 1 is 1.29 bits per heavy atom. The lowest BCUT2D eigenvalue weighted by atomic mass is 10.2. The number of nitrogens with zero attached hydrogens (tertiary/aromatic N) is 1. The average molecular weight is 249 g/mol. The zero-order valence-electron chi connectivity index (χ0n) is 8.72. The van der Waals surface area contributed by atoms with E-state index in [0.717, 1.165) is 0 Å². The van der Waals surface area contributed by atoms with Crippen molar-refractivity contribution >= 4 is 23.3 Å². The van der Waals surface area contributed by atoms with Crippen LogP contribution in [0.4, 0.5) is 5.82 Å². The minimum absolute atomic E-state index is 0.0433. The van der Waals surface area contributed by atoms with Gasteiger partial charge in [0.1, 0.15) is 11.6 Å². The van der Waals surface area contributed by atoms with Gasteiger partial charge in [-0.05, 0) is 30.3 Å². The van der Waals surface area contributed by atoms with Crippen molar-refractivity contribution in [2.45, 2.75) is 0 Å². The summed E-state index contributed by atoms with van der Waals surface area (Å²) in [6.07, 6.45) is 1.44. The molecule has 1 aromatic carbocycles. The smallest absolute Gasteiger partial charge is 0.256 e. The molecule has 0 aliphatic rings. The number of carbonyl (C=O) groups is 1. The van der Waals surface area contributed by atoms with Crippen molar-refractivity contribution in [3.05, 3.63) is 53.2 Å². The molecule has 0 aliphatic carbocycles. The second kappa shape index (κ2) is 4.84. The van der Waals surface area contributed by atoms with Crippen LogP contribution in [-0.2, 0) is 0 Å². The maximum Gasteiger partial charge on any atom is 0.256 e. The van der Waals surface area contributed by atoms with E-state index in [-0.39, 0.29) is 11.7 Å². The molecule has 4 nitrogen and oxygen atoms in total. The van der Waals surface area contributed by atoms with Crippen LogP contribution in [0.2, 0.25) is 5.02 Å². The number of halogens is 1. The fourth-order valence-corrected chi connectivity index (χ4v) is 1.40. The van der Waals surface area contributed by atoms with Crippen LogP contribution in [0.5, 0.6) is 5.75 Å². The molecule has 1 heterocycles. The van der Waals surface area contributed by atoms with Gasteiger partial charge in [0.05, 0.1) is 5.02 Å². The lowest BCUT2D eigenvalue weighted by Crippen LogP contribution is -2.12. The van der Waals surface area contributed by atoms with Gasteiger partial charge in [-0.1, -0.05) is 17.7 Å². The number of amides is 1. The summed E-state index contributed by atoms with van der Waals surface area (Å²) in [7, 11) is 0. The lowest BCUT2D eigenvalue weighted by Gasteiger charge is -2.04. The Bertz CT molecular complexity index is 540. The third kappa shape index (κ3) is 2.95. The van der Waals surface area contributed by atoms with Crippen molar-refractivity contribution in [3.63, 3.8) is 0 Å². The maximum atomic E-state index is 11.8. The summed E-state index contributed by atoms with van der Waals surface area (Å²) >= 11 is 5.68. The minimum Gasteiger partial charge on any atom is -0.508 e. The van der Waals surface area contributed by atoms with E-state index in [1.165, 1.54) is 18.3 Å². The van der Waals surface area contributed by atoms with Crippen molar-refractivity contribution in [1.82, 2.24) is 4.98 Å². The van der Waals surface area contributed by atoms with Crippen LogP contribution in [0.3, 0.4) is 0 Å². The van der Waals surface area contributed by atoms with Crippen LogP contribution in [0.15, 0.2) is 42.6 Å². The minimum atomic E-state index is -0.337. The van der Waals surface area contributed by atoms with Gasteiger partial charge in [-0.2, -0.15) is 0 Å². The SMILES string of the molecule is O=C(Nc1ccc(Cl)cn1)c1cccc(O)c1. The van der Waals surface area contributed by atoms with Crippen LogP contribution in [0.1, 0.15) is 10.4 Å². The van der Waals surface area contributed by atoms with Gasteiger partial charge in [-0.3, -0.25) is 4.79 Å². The number of rotatable bonds is 2. The predicted molar refractivity (Wildman–Crippen MR) is 65.3 cm³/mol. The molecule has 1 aromatic heterocycles. The van der Waals surface area contributed by atoms with Crippen LogP contribution in [0.25, 0.3) is 0 Å². The van der Waals surface area contributed by atoms with Crippen LogP contribution in [-0.4, -0.2) is 16.0 Å².